The van der Waals surface area contributed by atoms with Crippen LogP contribution in [-0.2, 0) is 6.54 Å². The van der Waals surface area contributed by atoms with Gasteiger partial charge in [-0.15, -0.1) is 43.2 Å². The van der Waals surface area contributed by atoms with Gasteiger partial charge in [0.2, 0.25) is 0 Å². The van der Waals surface area contributed by atoms with E-state index in [0.717, 1.165) is 11.0 Å². The summed E-state index contributed by atoms with van der Waals surface area (Å²) in [5.41, 5.74) is 1.46. The van der Waals surface area contributed by atoms with Gasteiger partial charge >= 0.3 is 0 Å². The zero-order valence-electron chi connectivity index (χ0n) is 22.3. The van der Waals surface area contributed by atoms with Crippen molar-refractivity contribution in [1.82, 2.24) is 6.15 Å². The average Bonchev–Trinajstić information content (AvgIpc) is 2.69. The molecule has 1 rings (SSSR count). The third-order valence-electron chi connectivity index (χ3n) is 5.57. The van der Waals surface area contributed by atoms with Crippen LogP contribution in [0, 0.1) is 0 Å². The molecule has 0 saturated carbocycles. The minimum Gasteiger partial charge on any atom is -1.00 e. The predicted molar refractivity (Wildman–Crippen MR) is 163 cm³/mol. The van der Waals surface area contributed by atoms with Crippen LogP contribution in [0.3, 0.4) is 0 Å². The highest BCUT2D eigenvalue weighted by molar-refractivity contribution is 8.93. The Hall–Kier alpha value is 1.01. The minimum absolute atomic E-state index is 0. The van der Waals surface area contributed by atoms with E-state index in [4.69, 9.17) is 0 Å². The standard InChI is InChI=1S/C25H46N.C2H7P.3BrH.H3N/c1-4-5-6-7-8-9-10-11-12-13-14-15-16-20-23-26(2,3)24-25-21-18-17-19-22-25;1-2-3;;;;/h17-19,21-22H,4-16,20,23-24H2,1-3H3;2-3H2,1H3;3*1H;1H3/q+1;;;;;/p-1. The van der Waals surface area contributed by atoms with Gasteiger partial charge in [-0.3, -0.25) is 0 Å². The highest BCUT2D eigenvalue weighted by Gasteiger charge is 2.14. The number of rotatable bonds is 17. The van der Waals surface area contributed by atoms with Crippen molar-refractivity contribution in [2.45, 2.75) is 110 Å². The Balaban J connectivity index is -0.000000353. The number of benzene rings is 1. The number of hydrogen-bond acceptors (Lipinski definition) is 1. The van der Waals surface area contributed by atoms with Gasteiger partial charge in [-0.25, -0.2) is 0 Å². The minimum atomic E-state index is 0. The van der Waals surface area contributed by atoms with Crippen LogP contribution in [0.4, 0.5) is 0 Å². The van der Waals surface area contributed by atoms with Gasteiger partial charge in [0.15, 0.2) is 0 Å². The molecule has 0 aliphatic rings. The fourth-order valence-corrected chi connectivity index (χ4v) is 3.89. The molecule has 0 saturated heterocycles. The van der Waals surface area contributed by atoms with Crippen LogP contribution in [0.5, 0.6) is 0 Å². The molecule has 1 aromatic carbocycles. The number of hydrogen-bond donors (Lipinski definition) is 1. The largest absolute Gasteiger partial charge is 1.00 e. The molecule has 0 aliphatic carbocycles. The Morgan fingerprint density at radius 3 is 1.33 bits per heavy atom. The van der Waals surface area contributed by atoms with Gasteiger partial charge in [0, 0.05) is 5.56 Å². The number of unbranched alkanes of at least 4 members (excludes halogenated alkanes) is 13. The summed E-state index contributed by atoms with van der Waals surface area (Å²) in [5.74, 6) is 0. The van der Waals surface area contributed by atoms with E-state index in [1.807, 2.05) is 0 Å². The Labute approximate surface area is 242 Å². The summed E-state index contributed by atoms with van der Waals surface area (Å²) in [6.07, 6.45) is 21.3. The summed E-state index contributed by atoms with van der Waals surface area (Å²) in [6, 6.07) is 10.9. The molecule has 0 spiro atoms. The first-order valence-corrected chi connectivity index (χ1v) is 13.4. The molecule has 0 aromatic heterocycles. The molecular weight excluding hydrogens is 623 g/mol. The molecule has 1 aromatic rings. The SMILES string of the molecule is Br.Br.CCCCCCCCCCCCCCCC[N+](C)(C)Cc1ccccc1.CCP.N.[Br-]. The summed E-state index contributed by atoms with van der Waals surface area (Å²) in [4.78, 5) is 0. The quantitative estimate of drug-likeness (QED) is 0.108. The van der Waals surface area contributed by atoms with Gasteiger partial charge in [0.25, 0.3) is 0 Å². The maximum atomic E-state index is 2.58. The lowest BCUT2D eigenvalue weighted by Crippen LogP contribution is -3.00. The van der Waals surface area contributed by atoms with E-state index in [2.05, 4.69) is 67.5 Å². The first-order chi connectivity index (χ1) is 14.1. The zero-order chi connectivity index (χ0) is 21.6. The van der Waals surface area contributed by atoms with Crippen molar-refractivity contribution in [1.29, 1.82) is 0 Å². The molecule has 0 fully saturated rings. The van der Waals surface area contributed by atoms with E-state index in [1.54, 1.807) is 0 Å². The molecule has 33 heavy (non-hydrogen) atoms. The van der Waals surface area contributed by atoms with E-state index < -0.39 is 0 Å². The number of nitrogens with zero attached hydrogens (tertiary/aromatic N) is 1. The van der Waals surface area contributed by atoms with Crippen molar-refractivity contribution in [2.24, 2.45) is 0 Å². The predicted octanol–water partition coefficient (Wildman–Crippen LogP) is 6.95. The molecule has 6 heteroatoms. The van der Waals surface area contributed by atoms with Gasteiger partial charge in [0.1, 0.15) is 6.54 Å². The third kappa shape index (κ3) is 33.0. The Bertz CT molecular complexity index is 448. The summed E-state index contributed by atoms with van der Waals surface area (Å²) >= 11 is 0. The highest BCUT2D eigenvalue weighted by Crippen LogP contribution is 2.15. The van der Waals surface area contributed by atoms with Gasteiger partial charge in [0.05, 0.1) is 20.6 Å². The lowest BCUT2D eigenvalue weighted by Gasteiger charge is -2.30. The van der Waals surface area contributed by atoms with Crippen LogP contribution in [0.15, 0.2) is 30.3 Å². The van der Waals surface area contributed by atoms with Gasteiger partial charge in [-0.2, -0.15) is 0 Å². The van der Waals surface area contributed by atoms with Crippen molar-refractivity contribution < 1.29 is 21.5 Å². The van der Waals surface area contributed by atoms with Crippen LogP contribution in [-0.4, -0.2) is 31.3 Å². The Morgan fingerprint density at radius 1 is 0.636 bits per heavy atom. The summed E-state index contributed by atoms with van der Waals surface area (Å²) in [5, 5.41) is 0. The lowest BCUT2D eigenvalue weighted by atomic mass is 10.0. The fraction of sp³-hybridized carbons (Fsp3) is 0.778. The van der Waals surface area contributed by atoms with E-state index >= 15 is 0 Å². The molecule has 0 amide bonds. The van der Waals surface area contributed by atoms with Gasteiger partial charge in [-0.1, -0.05) is 121 Å². The summed E-state index contributed by atoms with van der Waals surface area (Å²) in [6.45, 7) is 6.83. The van der Waals surface area contributed by atoms with Crippen molar-refractivity contribution in [3.05, 3.63) is 35.9 Å². The molecule has 0 radical (unpaired) electrons. The Morgan fingerprint density at radius 2 is 0.970 bits per heavy atom. The maximum Gasteiger partial charge on any atom is 0.104 e. The molecule has 202 valence electrons. The van der Waals surface area contributed by atoms with Crippen molar-refractivity contribution in [3.8, 4) is 0 Å². The van der Waals surface area contributed by atoms with Gasteiger partial charge < -0.3 is 27.6 Å². The first-order valence-electron chi connectivity index (χ1n) is 12.6. The average molecular weight is 681 g/mol. The van der Waals surface area contributed by atoms with Crippen LogP contribution in [0.2, 0.25) is 0 Å². The lowest BCUT2D eigenvalue weighted by molar-refractivity contribution is -0.903. The summed E-state index contributed by atoms with van der Waals surface area (Å²) in [7, 11) is 7.32. The second-order valence-corrected chi connectivity index (χ2v) is 10.1. The molecule has 0 bridgehead atoms. The van der Waals surface area contributed by atoms with Crippen LogP contribution in [0.1, 0.15) is 109 Å². The topological polar surface area (TPSA) is 35.0 Å². The van der Waals surface area contributed by atoms with Crippen molar-refractivity contribution in [3.63, 3.8) is 0 Å². The molecular formula is C27H58Br3N2P. The van der Waals surface area contributed by atoms with Crippen LogP contribution in [0.25, 0.3) is 0 Å². The monoisotopic (exact) mass is 678 g/mol. The molecule has 1 atom stereocenters. The second-order valence-electron chi connectivity index (χ2n) is 9.31. The molecule has 3 N–H and O–H groups in total. The zero-order valence-corrected chi connectivity index (χ0v) is 28.5. The first kappa shape index (κ1) is 44.0. The molecule has 0 aliphatic heterocycles. The van der Waals surface area contributed by atoms with Gasteiger partial charge in [-0.05, 0) is 19.0 Å². The number of halogens is 3. The van der Waals surface area contributed by atoms with E-state index in [0.29, 0.717) is 0 Å². The second kappa shape index (κ2) is 33.0. The van der Waals surface area contributed by atoms with Crippen molar-refractivity contribution >= 4 is 43.2 Å². The molecule has 0 heterocycles. The number of quaternary nitrogens is 1. The van der Waals surface area contributed by atoms with Crippen LogP contribution < -0.4 is 23.1 Å². The third-order valence-corrected chi connectivity index (χ3v) is 5.57. The smallest absolute Gasteiger partial charge is 0.104 e. The van der Waals surface area contributed by atoms with Crippen LogP contribution >= 0.6 is 43.2 Å². The molecule has 2 nitrogen and oxygen atoms in total. The highest BCUT2D eigenvalue weighted by atomic mass is 79.9. The van der Waals surface area contributed by atoms with E-state index in [-0.39, 0.29) is 57.1 Å². The summed E-state index contributed by atoms with van der Waals surface area (Å²) < 4.78 is 1.11. The molecule has 1 unspecified atom stereocenters. The van der Waals surface area contributed by atoms with E-state index in [9.17, 15) is 0 Å². The Kier molecular flexibility index (Phi) is 44.0. The van der Waals surface area contributed by atoms with Crippen molar-refractivity contribution in [2.75, 3.05) is 26.8 Å². The fourth-order valence-electron chi connectivity index (χ4n) is 3.89. The van der Waals surface area contributed by atoms with E-state index in [1.165, 1.54) is 108 Å². The normalized spacial score (nSPS) is 9.85. The maximum absolute atomic E-state index is 2.58.